The van der Waals surface area contributed by atoms with Gasteiger partial charge in [0.05, 0.1) is 6.10 Å². The third-order valence-corrected chi connectivity index (χ3v) is 7.50. The molecule has 8 nitrogen and oxygen atoms in total. The quantitative estimate of drug-likeness (QED) is 0.0142. The fraction of sp³-hybridized carbons (Fsp3) is 0.475. The lowest BCUT2D eigenvalue weighted by Crippen LogP contribution is -2.28. The van der Waals surface area contributed by atoms with Crippen molar-refractivity contribution in [2.45, 2.75) is 99.5 Å². The Hall–Kier alpha value is -4.17. The van der Waals surface area contributed by atoms with Gasteiger partial charge in [0.1, 0.15) is 11.5 Å². The molecule has 0 heterocycles. The molecular formula is C40H62N4O4. The number of guanidine groups is 1. The van der Waals surface area contributed by atoms with Crippen LogP contribution in [0.25, 0.3) is 0 Å². The van der Waals surface area contributed by atoms with Crippen LogP contribution in [-0.4, -0.2) is 40.5 Å². The minimum Gasteiger partial charge on any atom is -0.510 e. The Morgan fingerprint density at radius 3 is 2.08 bits per heavy atom. The van der Waals surface area contributed by atoms with E-state index in [1.807, 2.05) is 50.3 Å². The van der Waals surface area contributed by atoms with Crippen LogP contribution in [0.15, 0.2) is 113 Å². The number of nitrogens with zero attached hydrogens (tertiary/aromatic N) is 1. The molecule has 0 aromatic carbocycles. The number of Topliss-reactive ketones (excluding diaryl/α,β-unsaturated/α-hetero) is 1. The van der Waals surface area contributed by atoms with Gasteiger partial charge in [0.15, 0.2) is 11.7 Å². The zero-order valence-electron chi connectivity index (χ0n) is 30.4. The molecule has 0 saturated carbocycles. The van der Waals surface area contributed by atoms with E-state index in [9.17, 15) is 19.8 Å². The maximum Gasteiger partial charge on any atom is 0.251 e. The van der Waals surface area contributed by atoms with Crippen molar-refractivity contribution in [1.82, 2.24) is 5.32 Å². The zero-order chi connectivity index (χ0) is 36.3. The number of aliphatic imine (C=N–C) groups is 1. The number of nitrogens with one attached hydrogen (secondary N) is 1. The predicted molar refractivity (Wildman–Crippen MR) is 203 cm³/mol. The van der Waals surface area contributed by atoms with Crippen LogP contribution in [0.1, 0.15) is 93.4 Å². The highest BCUT2D eigenvalue weighted by atomic mass is 16.3. The average Bonchev–Trinajstić information content (AvgIpc) is 3.04. The molecule has 1 amide bonds. The summed E-state index contributed by atoms with van der Waals surface area (Å²) in [6.45, 7) is 13.7. The topological polar surface area (TPSA) is 151 Å². The number of hydrogen-bond donors (Lipinski definition) is 5. The van der Waals surface area contributed by atoms with Gasteiger partial charge in [-0.2, -0.15) is 0 Å². The Morgan fingerprint density at radius 1 is 0.833 bits per heavy atom. The number of unbranched alkanes of at least 4 members (excludes halogenated alkanes) is 2. The summed E-state index contributed by atoms with van der Waals surface area (Å²) in [5.74, 6) is 0.0663. The lowest BCUT2D eigenvalue weighted by Gasteiger charge is -2.18. The molecular weight excluding hydrogens is 600 g/mol. The Balaban J connectivity index is 4.53. The Bertz CT molecular complexity index is 1270. The molecule has 0 fully saturated rings. The standard InChI is InChI=1S/C40H62N4O4/c1-8-36(46)37(35(7)45)44-39(48)33(5)27-21-13-11-9-10-12-20-26-32(4)38(47)34(6)29-31(3)25-19-16-18-24-30(2)23-17-14-15-22-28-43-40(41)42/h9-14,17-18,20-21,24,26-27,29-32,38,46-47H,8,15-16,19,22-23,25,28H2,1-7H3,(H,44,48)(H4,41,42,43)/b11-9+,12-10+,17-14+,21-13+,24-18+,26-20+,33-27+,34-29+,37-36-. The minimum absolute atomic E-state index is 0.0180. The Kier molecular flexibility index (Phi) is 24.5. The Labute approximate surface area is 290 Å². The van der Waals surface area contributed by atoms with Crippen molar-refractivity contribution in [2.75, 3.05) is 6.54 Å². The fourth-order valence-electron chi connectivity index (χ4n) is 4.55. The summed E-state index contributed by atoms with van der Waals surface area (Å²) in [6.07, 6.45) is 33.7. The summed E-state index contributed by atoms with van der Waals surface area (Å²) in [4.78, 5) is 27.9. The number of hydrogen-bond acceptors (Lipinski definition) is 5. The van der Waals surface area contributed by atoms with Crippen LogP contribution in [0.3, 0.4) is 0 Å². The second kappa shape index (κ2) is 26.9. The molecule has 0 aliphatic carbocycles. The molecule has 0 saturated heterocycles. The first-order valence-corrected chi connectivity index (χ1v) is 17.1. The average molecular weight is 663 g/mol. The number of amides is 1. The van der Waals surface area contributed by atoms with Crippen LogP contribution in [0.5, 0.6) is 0 Å². The largest absolute Gasteiger partial charge is 0.510 e. The molecule has 0 aliphatic rings. The van der Waals surface area contributed by atoms with Crippen molar-refractivity contribution in [3.8, 4) is 0 Å². The summed E-state index contributed by atoms with van der Waals surface area (Å²) in [6, 6.07) is 0. The summed E-state index contributed by atoms with van der Waals surface area (Å²) in [5.41, 5.74) is 12.0. The maximum absolute atomic E-state index is 12.3. The highest BCUT2D eigenvalue weighted by Crippen LogP contribution is 2.19. The van der Waals surface area contributed by atoms with Crippen LogP contribution in [0, 0.1) is 17.8 Å². The zero-order valence-corrected chi connectivity index (χ0v) is 30.4. The van der Waals surface area contributed by atoms with E-state index in [1.54, 1.807) is 32.1 Å². The van der Waals surface area contributed by atoms with Gasteiger partial charge in [-0.1, -0.05) is 113 Å². The number of carbonyl (C=O) groups excluding carboxylic acids is 2. The molecule has 4 atom stereocenters. The maximum atomic E-state index is 12.3. The van der Waals surface area contributed by atoms with Gasteiger partial charge in [-0.05, 0) is 69.8 Å². The number of aliphatic hydroxyl groups is 2. The number of aliphatic hydroxyl groups excluding tert-OH is 2. The summed E-state index contributed by atoms with van der Waals surface area (Å²) in [5, 5.41) is 23.1. The van der Waals surface area contributed by atoms with Crippen LogP contribution >= 0.6 is 0 Å². The van der Waals surface area contributed by atoms with Gasteiger partial charge in [-0.25, -0.2) is 0 Å². The second-order valence-corrected chi connectivity index (χ2v) is 12.3. The van der Waals surface area contributed by atoms with Crippen LogP contribution < -0.4 is 16.8 Å². The first-order valence-electron chi connectivity index (χ1n) is 17.1. The second-order valence-electron chi connectivity index (χ2n) is 12.3. The van der Waals surface area contributed by atoms with Crippen molar-refractivity contribution in [3.05, 3.63) is 108 Å². The van der Waals surface area contributed by atoms with E-state index in [2.05, 4.69) is 54.5 Å². The number of nitrogens with two attached hydrogens (primary N) is 2. The molecule has 48 heavy (non-hydrogen) atoms. The van der Waals surface area contributed by atoms with Crippen molar-refractivity contribution < 1.29 is 19.8 Å². The minimum atomic E-state index is -0.531. The van der Waals surface area contributed by atoms with Crippen LogP contribution in [0.4, 0.5) is 0 Å². The smallest absolute Gasteiger partial charge is 0.251 e. The van der Waals surface area contributed by atoms with E-state index in [1.165, 1.54) is 6.92 Å². The first-order chi connectivity index (χ1) is 22.8. The molecule has 4 unspecified atom stereocenters. The highest BCUT2D eigenvalue weighted by Gasteiger charge is 2.15. The van der Waals surface area contributed by atoms with Gasteiger partial charge in [0.25, 0.3) is 5.91 Å². The van der Waals surface area contributed by atoms with E-state index in [0.29, 0.717) is 24.0 Å². The fourth-order valence-corrected chi connectivity index (χ4v) is 4.55. The molecule has 0 bridgehead atoms. The normalized spacial score (nSPS) is 16.3. The van der Waals surface area contributed by atoms with Crippen molar-refractivity contribution >= 4 is 17.6 Å². The highest BCUT2D eigenvalue weighted by molar-refractivity contribution is 6.02. The van der Waals surface area contributed by atoms with E-state index in [4.69, 9.17) is 11.5 Å². The SMILES string of the molecule is CC/C(O)=C(/NC(=O)/C(C)=C/C=C/C=C/C=C/C=C/C(C)C(O)/C(C)=C/C(C)CCC/C=C/C(C)C/C=C/CCCN=C(N)N)C(C)=O. The molecule has 0 aromatic heterocycles. The van der Waals surface area contributed by atoms with Gasteiger partial charge < -0.3 is 27.0 Å². The number of carbonyl (C=O) groups is 2. The third kappa shape index (κ3) is 22.4. The number of allylic oxidation sites excluding steroid dienone is 15. The van der Waals surface area contributed by atoms with Gasteiger partial charge >= 0.3 is 0 Å². The van der Waals surface area contributed by atoms with Crippen molar-refractivity contribution in [1.29, 1.82) is 0 Å². The molecule has 0 aliphatic heterocycles. The van der Waals surface area contributed by atoms with Gasteiger partial charge in [0, 0.05) is 31.4 Å². The molecule has 0 spiro atoms. The number of rotatable bonds is 23. The van der Waals surface area contributed by atoms with Gasteiger partial charge in [-0.15, -0.1) is 0 Å². The summed E-state index contributed by atoms with van der Waals surface area (Å²) >= 11 is 0. The molecule has 8 heteroatoms. The molecule has 0 aromatic rings. The van der Waals surface area contributed by atoms with Crippen LogP contribution in [0.2, 0.25) is 0 Å². The van der Waals surface area contributed by atoms with E-state index in [0.717, 1.165) is 44.1 Å². The lowest BCUT2D eigenvalue weighted by atomic mass is 9.93. The molecule has 0 radical (unpaired) electrons. The van der Waals surface area contributed by atoms with Gasteiger partial charge in [0.2, 0.25) is 0 Å². The van der Waals surface area contributed by atoms with E-state index >= 15 is 0 Å². The van der Waals surface area contributed by atoms with Crippen molar-refractivity contribution in [2.24, 2.45) is 34.2 Å². The van der Waals surface area contributed by atoms with Crippen molar-refractivity contribution in [3.63, 3.8) is 0 Å². The Morgan fingerprint density at radius 2 is 1.46 bits per heavy atom. The predicted octanol–water partition coefficient (Wildman–Crippen LogP) is 7.98. The van der Waals surface area contributed by atoms with Crippen LogP contribution in [-0.2, 0) is 9.59 Å². The third-order valence-electron chi connectivity index (χ3n) is 7.50. The van der Waals surface area contributed by atoms with E-state index in [-0.39, 0.29) is 29.8 Å². The molecule has 7 N–H and O–H groups in total. The monoisotopic (exact) mass is 662 g/mol. The molecule has 0 rings (SSSR count). The summed E-state index contributed by atoms with van der Waals surface area (Å²) < 4.78 is 0. The summed E-state index contributed by atoms with van der Waals surface area (Å²) in [7, 11) is 0. The van der Waals surface area contributed by atoms with Gasteiger partial charge in [-0.3, -0.25) is 14.6 Å². The first kappa shape index (κ1) is 43.8. The number of ketones is 1. The van der Waals surface area contributed by atoms with E-state index < -0.39 is 17.8 Å². The lowest BCUT2D eigenvalue weighted by molar-refractivity contribution is -0.120. The molecule has 266 valence electrons.